The second kappa shape index (κ2) is 11.2. The summed E-state index contributed by atoms with van der Waals surface area (Å²) in [5.74, 6) is 0.627. The Morgan fingerprint density at radius 1 is 1.03 bits per heavy atom. The van der Waals surface area contributed by atoms with Crippen LogP contribution in [0.25, 0.3) is 6.08 Å². The highest BCUT2D eigenvalue weighted by Gasteiger charge is 2.17. The Bertz CT molecular complexity index is 949. The fourth-order valence-corrected chi connectivity index (χ4v) is 2.78. The van der Waals surface area contributed by atoms with Crippen LogP contribution in [0.3, 0.4) is 0 Å². The minimum Gasteiger partial charge on any atom is -0.493 e. The standard InChI is InChI=1S/C25H31NO5/c1-16(2)15-30-22-11-8-20(14-23(22)29-6)9-12-24(27)31-19(5)25(28)26-21-10-7-17(3)13-18(21)4/h7-14,16,19H,15H2,1-6H3,(H,26,28)/b12-9+/t19-/m1/s1. The molecule has 0 saturated heterocycles. The SMILES string of the molecule is COc1cc(/C=C/C(=O)O[C@H](C)C(=O)Nc2ccc(C)cc2C)ccc1OCC(C)C. The number of carbonyl (C=O) groups is 2. The first-order valence-corrected chi connectivity index (χ1v) is 10.3. The van der Waals surface area contributed by atoms with E-state index in [4.69, 9.17) is 14.2 Å². The van der Waals surface area contributed by atoms with Crippen molar-refractivity contribution in [3.05, 3.63) is 59.2 Å². The van der Waals surface area contributed by atoms with E-state index in [2.05, 4.69) is 19.2 Å². The number of aryl methyl sites for hydroxylation is 2. The van der Waals surface area contributed by atoms with Gasteiger partial charge in [0, 0.05) is 11.8 Å². The molecule has 1 atom stereocenters. The van der Waals surface area contributed by atoms with Crippen LogP contribution in [0.2, 0.25) is 0 Å². The Morgan fingerprint density at radius 2 is 1.77 bits per heavy atom. The van der Waals surface area contributed by atoms with Gasteiger partial charge in [-0.2, -0.15) is 0 Å². The lowest BCUT2D eigenvalue weighted by atomic mass is 10.1. The number of ether oxygens (including phenoxy) is 3. The minimum atomic E-state index is -0.931. The Labute approximate surface area is 184 Å². The summed E-state index contributed by atoms with van der Waals surface area (Å²) in [6, 6.07) is 11.1. The number of benzene rings is 2. The third-order valence-electron chi connectivity index (χ3n) is 4.47. The molecule has 0 radical (unpaired) electrons. The summed E-state index contributed by atoms with van der Waals surface area (Å²) in [7, 11) is 1.56. The van der Waals surface area contributed by atoms with E-state index in [0.29, 0.717) is 29.7 Å². The molecule has 0 aliphatic heterocycles. The summed E-state index contributed by atoms with van der Waals surface area (Å²) in [5, 5.41) is 2.79. The number of esters is 1. The average Bonchev–Trinajstić information content (AvgIpc) is 2.72. The molecule has 166 valence electrons. The molecular formula is C25H31NO5. The van der Waals surface area contributed by atoms with Crippen LogP contribution in [-0.4, -0.2) is 31.7 Å². The molecule has 0 saturated carbocycles. The van der Waals surface area contributed by atoms with Crippen molar-refractivity contribution in [3.8, 4) is 11.5 Å². The zero-order valence-electron chi connectivity index (χ0n) is 19.0. The van der Waals surface area contributed by atoms with E-state index in [-0.39, 0.29) is 5.91 Å². The number of amides is 1. The topological polar surface area (TPSA) is 73.9 Å². The number of hydrogen-bond acceptors (Lipinski definition) is 5. The maximum Gasteiger partial charge on any atom is 0.331 e. The van der Waals surface area contributed by atoms with E-state index in [1.54, 1.807) is 25.3 Å². The number of nitrogens with one attached hydrogen (secondary N) is 1. The van der Waals surface area contributed by atoms with Gasteiger partial charge in [-0.1, -0.05) is 37.6 Å². The normalized spacial score (nSPS) is 12.0. The highest BCUT2D eigenvalue weighted by molar-refractivity contribution is 5.97. The summed E-state index contributed by atoms with van der Waals surface area (Å²) in [5.41, 5.74) is 3.50. The fraction of sp³-hybridized carbons (Fsp3) is 0.360. The summed E-state index contributed by atoms with van der Waals surface area (Å²) >= 11 is 0. The lowest BCUT2D eigenvalue weighted by Gasteiger charge is -2.14. The molecule has 6 nitrogen and oxygen atoms in total. The van der Waals surface area contributed by atoms with Gasteiger partial charge in [0.25, 0.3) is 5.91 Å². The van der Waals surface area contributed by atoms with E-state index < -0.39 is 12.1 Å². The molecule has 1 amide bonds. The molecular weight excluding hydrogens is 394 g/mol. The van der Waals surface area contributed by atoms with E-state index in [1.165, 1.54) is 13.0 Å². The predicted molar refractivity (Wildman–Crippen MR) is 122 cm³/mol. The highest BCUT2D eigenvalue weighted by Crippen LogP contribution is 2.29. The van der Waals surface area contributed by atoms with Crippen LogP contribution >= 0.6 is 0 Å². The van der Waals surface area contributed by atoms with Gasteiger partial charge in [-0.25, -0.2) is 4.79 Å². The maximum absolute atomic E-state index is 12.3. The van der Waals surface area contributed by atoms with E-state index in [1.807, 2.05) is 38.1 Å². The average molecular weight is 426 g/mol. The predicted octanol–water partition coefficient (Wildman–Crippen LogP) is 4.93. The highest BCUT2D eigenvalue weighted by atomic mass is 16.5. The summed E-state index contributed by atoms with van der Waals surface area (Å²) in [6.07, 6.45) is 1.95. The van der Waals surface area contributed by atoms with Crippen molar-refractivity contribution in [3.63, 3.8) is 0 Å². The smallest absolute Gasteiger partial charge is 0.331 e. The van der Waals surface area contributed by atoms with Crippen molar-refractivity contribution >= 4 is 23.6 Å². The quantitative estimate of drug-likeness (QED) is 0.455. The number of anilines is 1. The fourth-order valence-electron chi connectivity index (χ4n) is 2.78. The summed E-state index contributed by atoms with van der Waals surface area (Å²) < 4.78 is 16.3. The van der Waals surface area contributed by atoms with Crippen molar-refractivity contribution in [1.29, 1.82) is 0 Å². The molecule has 0 unspecified atom stereocenters. The largest absolute Gasteiger partial charge is 0.493 e. The number of hydrogen-bond donors (Lipinski definition) is 1. The van der Waals surface area contributed by atoms with Crippen LogP contribution in [0, 0.1) is 19.8 Å². The summed E-state index contributed by atoms with van der Waals surface area (Å²) in [4.78, 5) is 24.5. The maximum atomic E-state index is 12.3. The van der Waals surface area contributed by atoms with Crippen LogP contribution in [0.1, 0.15) is 37.5 Å². The second-order valence-corrected chi connectivity index (χ2v) is 7.84. The lowest BCUT2D eigenvalue weighted by molar-refractivity contribution is -0.148. The van der Waals surface area contributed by atoms with Gasteiger partial charge in [0.2, 0.25) is 0 Å². The van der Waals surface area contributed by atoms with Crippen molar-refractivity contribution in [2.75, 3.05) is 19.0 Å². The van der Waals surface area contributed by atoms with Gasteiger partial charge in [-0.05, 0) is 62.1 Å². The third kappa shape index (κ3) is 7.48. The van der Waals surface area contributed by atoms with Crippen molar-refractivity contribution in [1.82, 2.24) is 0 Å². The molecule has 2 aromatic rings. The van der Waals surface area contributed by atoms with Crippen LogP contribution in [0.4, 0.5) is 5.69 Å². The summed E-state index contributed by atoms with van der Waals surface area (Å²) in [6.45, 7) is 10.2. The van der Waals surface area contributed by atoms with Gasteiger partial charge >= 0.3 is 5.97 Å². The van der Waals surface area contributed by atoms with Crippen molar-refractivity contribution < 1.29 is 23.8 Å². The first-order chi connectivity index (χ1) is 14.7. The van der Waals surface area contributed by atoms with Crippen molar-refractivity contribution in [2.45, 2.75) is 40.7 Å². The zero-order valence-corrected chi connectivity index (χ0v) is 19.0. The lowest BCUT2D eigenvalue weighted by Crippen LogP contribution is -2.29. The molecule has 2 rings (SSSR count). The molecule has 1 N–H and O–H groups in total. The number of rotatable bonds is 9. The van der Waals surface area contributed by atoms with E-state index in [9.17, 15) is 9.59 Å². The van der Waals surface area contributed by atoms with Crippen LogP contribution in [0.5, 0.6) is 11.5 Å². The third-order valence-corrected chi connectivity index (χ3v) is 4.47. The molecule has 0 aromatic heterocycles. The molecule has 0 bridgehead atoms. The Kier molecular flexibility index (Phi) is 8.67. The van der Waals surface area contributed by atoms with Gasteiger partial charge in [0.15, 0.2) is 17.6 Å². The second-order valence-electron chi connectivity index (χ2n) is 7.84. The molecule has 0 heterocycles. The van der Waals surface area contributed by atoms with Gasteiger partial charge in [-0.3, -0.25) is 4.79 Å². The molecule has 31 heavy (non-hydrogen) atoms. The molecule has 6 heteroatoms. The van der Waals surface area contributed by atoms with E-state index in [0.717, 1.165) is 16.7 Å². The van der Waals surface area contributed by atoms with E-state index >= 15 is 0 Å². The Morgan fingerprint density at radius 3 is 2.42 bits per heavy atom. The molecule has 2 aromatic carbocycles. The van der Waals surface area contributed by atoms with Crippen LogP contribution in [-0.2, 0) is 14.3 Å². The van der Waals surface area contributed by atoms with Gasteiger partial charge < -0.3 is 19.5 Å². The molecule has 0 spiro atoms. The first kappa shape index (κ1) is 24.0. The van der Waals surface area contributed by atoms with Gasteiger partial charge in [-0.15, -0.1) is 0 Å². The van der Waals surface area contributed by atoms with Gasteiger partial charge in [0.1, 0.15) is 0 Å². The van der Waals surface area contributed by atoms with Crippen molar-refractivity contribution in [2.24, 2.45) is 5.92 Å². The zero-order chi connectivity index (χ0) is 23.0. The molecule has 0 fully saturated rings. The number of carbonyl (C=O) groups excluding carboxylic acids is 2. The minimum absolute atomic E-state index is 0.387. The Balaban J connectivity index is 1.95. The Hall–Kier alpha value is -3.28. The molecule has 0 aliphatic rings. The number of methoxy groups -OCH3 is 1. The first-order valence-electron chi connectivity index (χ1n) is 10.3. The monoisotopic (exact) mass is 425 g/mol. The van der Waals surface area contributed by atoms with Gasteiger partial charge in [0.05, 0.1) is 13.7 Å². The van der Waals surface area contributed by atoms with Crippen LogP contribution in [0.15, 0.2) is 42.5 Å². The van der Waals surface area contributed by atoms with Crippen LogP contribution < -0.4 is 14.8 Å². The molecule has 0 aliphatic carbocycles.